The summed E-state index contributed by atoms with van der Waals surface area (Å²) in [6, 6.07) is 8.41. The molecule has 2 rings (SSSR count). The molecule has 0 atom stereocenters. The van der Waals surface area contributed by atoms with Gasteiger partial charge in [-0.05, 0) is 58.0 Å². The first-order valence-electron chi connectivity index (χ1n) is 7.41. The van der Waals surface area contributed by atoms with Gasteiger partial charge in [0.25, 0.3) is 0 Å². The van der Waals surface area contributed by atoms with E-state index in [1.165, 1.54) is 5.56 Å². The van der Waals surface area contributed by atoms with Crippen molar-refractivity contribution in [1.82, 2.24) is 0 Å². The fraction of sp³-hybridized carbons (Fsp3) is 0.625. The van der Waals surface area contributed by atoms with Gasteiger partial charge in [0.05, 0.1) is 11.2 Å². The molecule has 0 saturated carbocycles. The van der Waals surface area contributed by atoms with E-state index in [-0.39, 0.29) is 24.9 Å². The summed E-state index contributed by atoms with van der Waals surface area (Å²) < 4.78 is 12.1. The van der Waals surface area contributed by atoms with E-state index >= 15 is 0 Å². The van der Waals surface area contributed by atoms with Crippen molar-refractivity contribution in [2.24, 2.45) is 0 Å². The highest BCUT2D eigenvalue weighted by molar-refractivity contribution is 6.62. The van der Waals surface area contributed by atoms with Gasteiger partial charge >= 0.3 is 7.12 Å². The van der Waals surface area contributed by atoms with E-state index in [0.717, 1.165) is 24.7 Å². The van der Waals surface area contributed by atoms with Crippen LogP contribution in [0.5, 0.6) is 0 Å². The zero-order valence-electron chi connectivity index (χ0n) is 13.0. The molecule has 110 valence electrons. The number of rotatable bonds is 5. The Balaban J connectivity index is 2.01. The lowest BCUT2D eigenvalue weighted by molar-refractivity contribution is 0.00578. The van der Waals surface area contributed by atoms with Crippen molar-refractivity contribution < 1.29 is 14.4 Å². The third kappa shape index (κ3) is 3.25. The van der Waals surface area contributed by atoms with Crippen molar-refractivity contribution in [3.63, 3.8) is 0 Å². The second-order valence-corrected chi connectivity index (χ2v) is 6.51. The minimum absolute atomic E-state index is 0.270. The number of benzene rings is 1. The number of unbranched alkanes of at least 4 members (excludes halogenated alkanes) is 1. The van der Waals surface area contributed by atoms with Crippen molar-refractivity contribution in [2.75, 3.05) is 6.61 Å². The van der Waals surface area contributed by atoms with Gasteiger partial charge in [-0.25, -0.2) is 0 Å². The number of aliphatic hydroxyl groups is 1. The van der Waals surface area contributed by atoms with Gasteiger partial charge in [0.2, 0.25) is 0 Å². The Labute approximate surface area is 122 Å². The molecule has 20 heavy (non-hydrogen) atoms. The van der Waals surface area contributed by atoms with E-state index in [4.69, 9.17) is 14.4 Å². The van der Waals surface area contributed by atoms with Gasteiger partial charge in [-0.3, -0.25) is 0 Å². The summed E-state index contributed by atoms with van der Waals surface area (Å²) in [5, 5.41) is 8.80. The average Bonchev–Trinajstić information content (AvgIpc) is 2.60. The predicted molar refractivity (Wildman–Crippen MR) is 82.2 cm³/mol. The van der Waals surface area contributed by atoms with Crippen LogP contribution >= 0.6 is 0 Å². The molecular weight excluding hydrogens is 251 g/mol. The zero-order chi connectivity index (χ0) is 14.8. The molecule has 1 heterocycles. The van der Waals surface area contributed by atoms with Crippen molar-refractivity contribution in [1.29, 1.82) is 0 Å². The second-order valence-electron chi connectivity index (χ2n) is 6.51. The average molecular weight is 276 g/mol. The molecule has 1 aliphatic rings. The Kier molecular flexibility index (Phi) is 4.57. The quantitative estimate of drug-likeness (QED) is 0.662. The Morgan fingerprint density at radius 2 is 1.50 bits per heavy atom. The molecule has 0 aliphatic carbocycles. The van der Waals surface area contributed by atoms with Crippen LogP contribution in [0.1, 0.15) is 46.1 Å². The van der Waals surface area contributed by atoms with Crippen molar-refractivity contribution in [3.05, 3.63) is 29.8 Å². The Morgan fingerprint density at radius 1 is 0.950 bits per heavy atom. The summed E-state index contributed by atoms with van der Waals surface area (Å²) in [4.78, 5) is 0. The largest absolute Gasteiger partial charge is 0.494 e. The van der Waals surface area contributed by atoms with Gasteiger partial charge in [-0.1, -0.05) is 24.3 Å². The van der Waals surface area contributed by atoms with E-state index in [0.29, 0.717) is 0 Å². The maximum atomic E-state index is 8.80. The first-order chi connectivity index (χ1) is 9.36. The monoisotopic (exact) mass is 276 g/mol. The number of aryl methyl sites for hydroxylation is 1. The smallest absolute Gasteiger partial charge is 0.399 e. The second kappa shape index (κ2) is 5.88. The van der Waals surface area contributed by atoms with E-state index in [1.54, 1.807) is 0 Å². The van der Waals surface area contributed by atoms with E-state index < -0.39 is 0 Å². The van der Waals surface area contributed by atoms with Crippen LogP contribution in [0.25, 0.3) is 0 Å². The molecule has 0 radical (unpaired) electrons. The minimum Gasteiger partial charge on any atom is -0.399 e. The van der Waals surface area contributed by atoms with Crippen molar-refractivity contribution in [3.8, 4) is 0 Å². The van der Waals surface area contributed by atoms with E-state index in [2.05, 4.69) is 52.0 Å². The van der Waals surface area contributed by atoms with E-state index in [9.17, 15) is 0 Å². The van der Waals surface area contributed by atoms with Gasteiger partial charge in [0.1, 0.15) is 0 Å². The summed E-state index contributed by atoms with van der Waals surface area (Å²) in [6.07, 6.45) is 2.88. The first-order valence-corrected chi connectivity index (χ1v) is 7.41. The third-order valence-electron chi connectivity index (χ3n) is 4.38. The Morgan fingerprint density at radius 3 is 2.00 bits per heavy atom. The normalized spacial score (nSPS) is 20.4. The zero-order valence-corrected chi connectivity index (χ0v) is 13.0. The van der Waals surface area contributed by atoms with Gasteiger partial charge in [0.15, 0.2) is 0 Å². The summed E-state index contributed by atoms with van der Waals surface area (Å²) in [5.74, 6) is 0. The molecule has 0 aromatic heterocycles. The van der Waals surface area contributed by atoms with Crippen LogP contribution in [-0.4, -0.2) is 30.0 Å². The number of aliphatic hydroxyl groups excluding tert-OH is 1. The van der Waals surface area contributed by atoms with Crippen LogP contribution in [-0.2, 0) is 15.7 Å². The molecule has 0 bridgehead atoms. The third-order valence-corrected chi connectivity index (χ3v) is 4.38. The van der Waals surface area contributed by atoms with Gasteiger partial charge in [0, 0.05) is 6.61 Å². The molecule has 3 nitrogen and oxygen atoms in total. The summed E-state index contributed by atoms with van der Waals surface area (Å²) in [7, 11) is -0.286. The highest BCUT2D eigenvalue weighted by Gasteiger charge is 2.51. The van der Waals surface area contributed by atoms with Gasteiger partial charge < -0.3 is 14.4 Å². The maximum Gasteiger partial charge on any atom is 0.494 e. The van der Waals surface area contributed by atoms with Crippen LogP contribution in [0.4, 0.5) is 0 Å². The molecule has 4 heteroatoms. The summed E-state index contributed by atoms with van der Waals surface area (Å²) >= 11 is 0. The molecule has 1 saturated heterocycles. The molecule has 1 fully saturated rings. The highest BCUT2D eigenvalue weighted by atomic mass is 16.7. The lowest BCUT2D eigenvalue weighted by atomic mass is 9.78. The number of hydrogen-bond acceptors (Lipinski definition) is 3. The predicted octanol–water partition coefficient (Wildman–Crippen LogP) is 2.30. The number of hydrogen-bond donors (Lipinski definition) is 1. The Bertz CT molecular complexity index is 424. The fourth-order valence-corrected chi connectivity index (χ4v) is 2.26. The van der Waals surface area contributed by atoms with Gasteiger partial charge in [-0.2, -0.15) is 0 Å². The molecule has 1 aromatic carbocycles. The molecule has 1 aliphatic heterocycles. The Hall–Kier alpha value is -0.835. The topological polar surface area (TPSA) is 38.7 Å². The SMILES string of the molecule is CC1(C)OB(c2ccc(CCCCO)cc2)OC1(C)C. The lowest BCUT2D eigenvalue weighted by Gasteiger charge is -2.32. The van der Waals surface area contributed by atoms with Crippen molar-refractivity contribution in [2.45, 2.75) is 58.2 Å². The molecule has 1 N–H and O–H groups in total. The molecule has 0 spiro atoms. The summed E-state index contributed by atoms with van der Waals surface area (Å²) in [5.41, 5.74) is 1.77. The standard InChI is InChI=1S/C16H25BO3/c1-15(2)16(3,4)20-17(19-15)14-10-8-13(9-11-14)7-5-6-12-18/h8-11,18H,5-7,12H2,1-4H3. The van der Waals surface area contributed by atoms with E-state index in [1.807, 2.05) is 0 Å². The minimum atomic E-state index is -0.294. The fourth-order valence-electron chi connectivity index (χ4n) is 2.26. The molecule has 1 aromatic rings. The highest BCUT2D eigenvalue weighted by Crippen LogP contribution is 2.36. The van der Waals surface area contributed by atoms with Crippen LogP contribution < -0.4 is 5.46 Å². The molecule has 0 amide bonds. The van der Waals surface area contributed by atoms with Crippen molar-refractivity contribution >= 4 is 12.6 Å². The van der Waals surface area contributed by atoms with Crippen LogP contribution in [0.15, 0.2) is 24.3 Å². The lowest BCUT2D eigenvalue weighted by Crippen LogP contribution is -2.41. The van der Waals surface area contributed by atoms with Gasteiger partial charge in [-0.15, -0.1) is 0 Å². The molecule has 0 unspecified atom stereocenters. The van der Waals surface area contributed by atoms with Crippen LogP contribution in [0, 0.1) is 0 Å². The first kappa shape index (κ1) is 15.6. The van der Waals surface area contributed by atoms with Crippen LogP contribution in [0.3, 0.4) is 0 Å². The van der Waals surface area contributed by atoms with Crippen LogP contribution in [0.2, 0.25) is 0 Å². The summed E-state index contributed by atoms with van der Waals surface area (Å²) in [6.45, 7) is 8.53. The maximum absolute atomic E-state index is 8.80. The molecular formula is C16H25BO3.